The first-order valence-electron chi connectivity index (χ1n) is 4.78. The number of carbonyl (C=O) groups excluding carboxylic acids is 1. The molecule has 0 bridgehead atoms. The van der Waals surface area contributed by atoms with E-state index in [1.54, 1.807) is 13.1 Å². The van der Waals surface area contributed by atoms with Crippen LogP contribution in [0.1, 0.15) is 5.56 Å². The summed E-state index contributed by atoms with van der Waals surface area (Å²) in [6, 6.07) is 4.38. The summed E-state index contributed by atoms with van der Waals surface area (Å²) in [6.07, 6.45) is 0.422. The SMILES string of the molecule is CN(CCc1cc(Cl)ccc1F)C(=O)CCl. The van der Waals surface area contributed by atoms with Crippen LogP contribution in [0.2, 0.25) is 5.02 Å². The van der Waals surface area contributed by atoms with E-state index in [-0.39, 0.29) is 17.6 Å². The Morgan fingerprint density at radius 2 is 2.19 bits per heavy atom. The lowest BCUT2D eigenvalue weighted by Crippen LogP contribution is -2.29. The van der Waals surface area contributed by atoms with Crippen molar-refractivity contribution in [2.45, 2.75) is 6.42 Å². The Bertz CT molecular complexity index is 384. The maximum atomic E-state index is 13.3. The Hall–Kier alpha value is -0.800. The van der Waals surface area contributed by atoms with Crippen LogP contribution in [0.4, 0.5) is 4.39 Å². The molecule has 0 spiro atoms. The van der Waals surface area contributed by atoms with E-state index in [0.29, 0.717) is 23.6 Å². The summed E-state index contributed by atoms with van der Waals surface area (Å²) < 4.78 is 13.3. The molecular formula is C11H12Cl2FNO. The zero-order chi connectivity index (χ0) is 12.1. The van der Waals surface area contributed by atoms with Crippen LogP contribution < -0.4 is 0 Å². The summed E-state index contributed by atoms with van der Waals surface area (Å²) in [6.45, 7) is 0.419. The fourth-order valence-electron chi connectivity index (χ4n) is 1.25. The predicted octanol–water partition coefficient (Wildman–Crippen LogP) is 2.72. The van der Waals surface area contributed by atoms with Gasteiger partial charge in [-0.25, -0.2) is 4.39 Å². The third-order valence-electron chi connectivity index (χ3n) is 2.26. The highest BCUT2D eigenvalue weighted by Gasteiger charge is 2.09. The molecule has 0 aromatic heterocycles. The minimum Gasteiger partial charge on any atom is -0.344 e. The highest BCUT2D eigenvalue weighted by molar-refractivity contribution is 6.30. The molecule has 1 amide bonds. The van der Waals surface area contributed by atoms with E-state index < -0.39 is 0 Å². The van der Waals surface area contributed by atoms with Crippen molar-refractivity contribution in [2.75, 3.05) is 19.5 Å². The first-order valence-corrected chi connectivity index (χ1v) is 5.69. The Morgan fingerprint density at radius 3 is 2.81 bits per heavy atom. The van der Waals surface area contributed by atoms with Gasteiger partial charge in [-0.2, -0.15) is 0 Å². The van der Waals surface area contributed by atoms with Crippen molar-refractivity contribution in [1.82, 2.24) is 4.90 Å². The van der Waals surface area contributed by atoms with E-state index in [9.17, 15) is 9.18 Å². The quantitative estimate of drug-likeness (QED) is 0.766. The monoisotopic (exact) mass is 263 g/mol. The number of hydrogen-bond donors (Lipinski definition) is 0. The Balaban J connectivity index is 2.60. The van der Waals surface area contributed by atoms with E-state index >= 15 is 0 Å². The van der Waals surface area contributed by atoms with E-state index in [2.05, 4.69) is 0 Å². The first kappa shape index (κ1) is 13.3. The van der Waals surface area contributed by atoms with Gasteiger partial charge in [-0.15, -0.1) is 11.6 Å². The summed E-state index contributed by atoms with van der Waals surface area (Å²) in [5.41, 5.74) is 0.502. The third-order valence-corrected chi connectivity index (χ3v) is 2.73. The van der Waals surface area contributed by atoms with Gasteiger partial charge in [0.1, 0.15) is 11.7 Å². The lowest BCUT2D eigenvalue weighted by Gasteiger charge is -2.15. The highest BCUT2D eigenvalue weighted by atomic mass is 35.5. The second kappa shape index (κ2) is 6.06. The molecule has 0 saturated heterocycles. The minimum absolute atomic E-state index is 0.0610. The van der Waals surface area contributed by atoms with Crippen LogP contribution in [0.15, 0.2) is 18.2 Å². The zero-order valence-corrected chi connectivity index (χ0v) is 10.4. The third kappa shape index (κ3) is 3.65. The molecule has 0 aliphatic heterocycles. The number of halogens is 3. The van der Waals surface area contributed by atoms with Crippen LogP contribution in [0.3, 0.4) is 0 Å². The fourth-order valence-corrected chi connectivity index (χ4v) is 1.65. The number of likely N-dealkylation sites (N-methyl/N-ethyl adjacent to an activating group) is 1. The standard InChI is InChI=1S/C11H12Cl2FNO/c1-15(11(16)7-12)5-4-8-6-9(13)2-3-10(8)14/h2-3,6H,4-5,7H2,1H3. The second-order valence-electron chi connectivity index (χ2n) is 3.43. The van der Waals surface area contributed by atoms with Crippen molar-refractivity contribution < 1.29 is 9.18 Å². The highest BCUT2D eigenvalue weighted by Crippen LogP contribution is 2.15. The molecule has 0 aliphatic rings. The molecule has 0 N–H and O–H groups in total. The number of hydrogen-bond acceptors (Lipinski definition) is 1. The van der Waals surface area contributed by atoms with Gasteiger partial charge < -0.3 is 4.90 Å². The number of rotatable bonds is 4. The molecule has 1 rings (SSSR count). The molecule has 1 aromatic carbocycles. The molecule has 5 heteroatoms. The molecule has 88 valence electrons. The van der Waals surface area contributed by atoms with Crippen molar-refractivity contribution in [3.8, 4) is 0 Å². The van der Waals surface area contributed by atoms with Gasteiger partial charge in [0.25, 0.3) is 0 Å². The van der Waals surface area contributed by atoms with Crippen LogP contribution in [0, 0.1) is 5.82 Å². The maximum Gasteiger partial charge on any atom is 0.237 e. The van der Waals surface area contributed by atoms with Gasteiger partial charge in [0.2, 0.25) is 5.91 Å². The van der Waals surface area contributed by atoms with Crippen molar-refractivity contribution in [3.05, 3.63) is 34.6 Å². The molecule has 0 fully saturated rings. The summed E-state index contributed by atoms with van der Waals surface area (Å²) in [5.74, 6) is -0.547. The molecule has 1 aromatic rings. The molecule has 0 radical (unpaired) electrons. The Morgan fingerprint density at radius 1 is 1.50 bits per heavy atom. The predicted molar refractivity (Wildman–Crippen MR) is 63.5 cm³/mol. The van der Waals surface area contributed by atoms with Gasteiger partial charge >= 0.3 is 0 Å². The topological polar surface area (TPSA) is 20.3 Å². The summed E-state index contributed by atoms with van der Waals surface area (Å²) in [4.78, 5) is 12.6. The van der Waals surface area contributed by atoms with Crippen LogP contribution >= 0.6 is 23.2 Å². The number of nitrogens with zero attached hydrogens (tertiary/aromatic N) is 1. The molecule has 2 nitrogen and oxygen atoms in total. The number of carbonyl (C=O) groups is 1. The van der Waals surface area contributed by atoms with E-state index in [0.717, 1.165) is 0 Å². The molecule has 0 heterocycles. The van der Waals surface area contributed by atoms with E-state index in [1.807, 2.05) is 0 Å². The molecule has 0 aliphatic carbocycles. The van der Waals surface area contributed by atoms with Crippen molar-refractivity contribution in [3.63, 3.8) is 0 Å². The Labute approximate surface area is 104 Å². The summed E-state index contributed by atoms with van der Waals surface area (Å²) in [7, 11) is 1.63. The zero-order valence-electron chi connectivity index (χ0n) is 8.84. The normalized spacial score (nSPS) is 10.2. The van der Waals surface area contributed by atoms with E-state index in [4.69, 9.17) is 23.2 Å². The van der Waals surface area contributed by atoms with Crippen molar-refractivity contribution in [2.24, 2.45) is 0 Å². The second-order valence-corrected chi connectivity index (χ2v) is 4.14. The molecule has 0 unspecified atom stereocenters. The summed E-state index contributed by atoms with van der Waals surface area (Å²) in [5, 5.41) is 0.489. The summed E-state index contributed by atoms with van der Waals surface area (Å²) >= 11 is 11.2. The van der Waals surface area contributed by atoms with Gasteiger partial charge in [0, 0.05) is 18.6 Å². The molecule has 16 heavy (non-hydrogen) atoms. The lowest BCUT2D eigenvalue weighted by molar-refractivity contribution is -0.127. The number of amides is 1. The van der Waals surface area contributed by atoms with Crippen molar-refractivity contribution >= 4 is 29.1 Å². The average Bonchev–Trinajstić information content (AvgIpc) is 2.28. The van der Waals surface area contributed by atoms with Gasteiger partial charge in [-0.1, -0.05) is 11.6 Å². The smallest absolute Gasteiger partial charge is 0.237 e. The van der Waals surface area contributed by atoms with Crippen molar-refractivity contribution in [1.29, 1.82) is 0 Å². The van der Waals surface area contributed by atoms with Crippen LogP contribution in [-0.2, 0) is 11.2 Å². The first-order chi connectivity index (χ1) is 7.54. The molecule has 0 atom stereocenters. The van der Waals surface area contributed by atoms with Crippen LogP contribution in [0.5, 0.6) is 0 Å². The minimum atomic E-state index is -0.309. The number of benzene rings is 1. The van der Waals surface area contributed by atoms with Gasteiger partial charge in [-0.3, -0.25) is 4.79 Å². The van der Waals surface area contributed by atoms with Crippen LogP contribution in [0.25, 0.3) is 0 Å². The maximum absolute atomic E-state index is 13.3. The van der Waals surface area contributed by atoms with Gasteiger partial charge in [0.15, 0.2) is 0 Å². The molecule has 0 saturated carbocycles. The van der Waals surface area contributed by atoms with E-state index in [1.165, 1.54) is 17.0 Å². The Kier molecular flexibility index (Phi) is 5.03. The number of alkyl halides is 1. The average molecular weight is 264 g/mol. The van der Waals surface area contributed by atoms with Gasteiger partial charge in [-0.05, 0) is 30.2 Å². The van der Waals surface area contributed by atoms with Gasteiger partial charge in [0.05, 0.1) is 0 Å². The lowest BCUT2D eigenvalue weighted by atomic mass is 10.1. The van der Waals surface area contributed by atoms with Crippen LogP contribution in [-0.4, -0.2) is 30.3 Å². The largest absolute Gasteiger partial charge is 0.344 e. The molecular weight excluding hydrogens is 252 g/mol. The fraction of sp³-hybridized carbons (Fsp3) is 0.364.